The van der Waals surface area contributed by atoms with Gasteiger partial charge in [0.15, 0.2) is 11.5 Å². The van der Waals surface area contributed by atoms with Gasteiger partial charge in [-0.3, -0.25) is 9.59 Å². The molecule has 0 atom stereocenters. The summed E-state index contributed by atoms with van der Waals surface area (Å²) in [5.74, 6) is -2.78. The number of rotatable bonds is 6. The van der Waals surface area contributed by atoms with E-state index < -0.39 is 47.8 Å². The minimum Gasteiger partial charge on any atom is -0.504 e. The number of halogens is 3. The third-order valence-electron chi connectivity index (χ3n) is 3.69. The number of carbonyl (C=O) groups is 2. The van der Waals surface area contributed by atoms with Crippen LogP contribution in [0.3, 0.4) is 0 Å². The predicted octanol–water partition coefficient (Wildman–Crippen LogP) is 3.32. The smallest absolute Gasteiger partial charge is 0.416 e. The van der Waals surface area contributed by atoms with Crippen LogP contribution in [0.25, 0.3) is 0 Å². The van der Waals surface area contributed by atoms with Crippen LogP contribution in [0.15, 0.2) is 30.3 Å². The van der Waals surface area contributed by atoms with Gasteiger partial charge in [-0.1, -0.05) is 18.2 Å². The van der Waals surface area contributed by atoms with Crippen molar-refractivity contribution < 1.29 is 33.0 Å². The van der Waals surface area contributed by atoms with E-state index in [-0.39, 0.29) is 23.2 Å². The Kier molecular flexibility index (Phi) is 5.80. The molecular formula is C18H13F3N2O4. The van der Waals surface area contributed by atoms with Gasteiger partial charge in [-0.05, 0) is 17.7 Å². The Balaban J connectivity index is 2.45. The normalized spacial score (nSPS) is 11.0. The van der Waals surface area contributed by atoms with Crippen LogP contribution in [-0.4, -0.2) is 26.9 Å². The third-order valence-corrected chi connectivity index (χ3v) is 3.69. The van der Waals surface area contributed by atoms with Crippen molar-refractivity contribution >= 4 is 11.8 Å². The van der Waals surface area contributed by atoms with Gasteiger partial charge in [-0.25, -0.2) is 4.98 Å². The monoisotopic (exact) mass is 378 g/mol. The lowest BCUT2D eigenvalue weighted by atomic mass is 10.00. The Morgan fingerprint density at radius 2 is 1.85 bits per heavy atom. The summed E-state index contributed by atoms with van der Waals surface area (Å²) in [6.45, 7) is 0. The lowest BCUT2D eigenvalue weighted by Gasteiger charge is -2.13. The van der Waals surface area contributed by atoms with E-state index in [1.54, 1.807) is 6.07 Å². The summed E-state index contributed by atoms with van der Waals surface area (Å²) < 4.78 is 39.4. The number of aromatic nitrogens is 1. The van der Waals surface area contributed by atoms with Crippen molar-refractivity contribution in [3.63, 3.8) is 0 Å². The molecule has 0 saturated heterocycles. The number of ketones is 1. The second-order valence-corrected chi connectivity index (χ2v) is 5.62. The summed E-state index contributed by atoms with van der Waals surface area (Å²) in [6, 6.07) is 7.53. The van der Waals surface area contributed by atoms with Gasteiger partial charge < -0.3 is 10.2 Å². The van der Waals surface area contributed by atoms with Gasteiger partial charge in [0.05, 0.1) is 17.5 Å². The van der Waals surface area contributed by atoms with Crippen LogP contribution < -0.4 is 0 Å². The van der Waals surface area contributed by atoms with Crippen LogP contribution in [0.4, 0.5) is 13.2 Å². The molecular weight excluding hydrogens is 365 g/mol. The van der Waals surface area contributed by atoms with E-state index in [1.165, 1.54) is 18.2 Å². The van der Waals surface area contributed by atoms with Gasteiger partial charge in [-0.15, -0.1) is 0 Å². The zero-order valence-corrected chi connectivity index (χ0v) is 13.7. The lowest BCUT2D eigenvalue weighted by molar-refractivity contribution is -0.138. The molecule has 0 bridgehead atoms. The van der Waals surface area contributed by atoms with E-state index in [4.69, 9.17) is 10.4 Å². The molecule has 1 aromatic heterocycles. The number of aromatic hydroxyl groups is 1. The predicted molar refractivity (Wildman–Crippen MR) is 86.1 cm³/mol. The minimum atomic E-state index is -4.59. The van der Waals surface area contributed by atoms with E-state index in [0.29, 0.717) is 0 Å². The molecule has 1 heterocycles. The first-order valence-corrected chi connectivity index (χ1v) is 7.66. The van der Waals surface area contributed by atoms with Crippen LogP contribution in [0, 0.1) is 11.3 Å². The van der Waals surface area contributed by atoms with Crippen LogP contribution in [0.2, 0.25) is 0 Å². The highest BCUT2D eigenvalue weighted by molar-refractivity contribution is 5.98. The average Bonchev–Trinajstić information content (AvgIpc) is 2.60. The van der Waals surface area contributed by atoms with Crippen molar-refractivity contribution in [3.8, 4) is 11.8 Å². The molecule has 0 radical (unpaired) electrons. The van der Waals surface area contributed by atoms with Crippen molar-refractivity contribution in [3.05, 3.63) is 58.4 Å². The molecule has 0 fully saturated rings. The number of carbonyl (C=O) groups excluding carboxylic acids is 1. The number of nitriles is 1. The summed E-state index contributed by atoms with van der Waals surface area (Å²) in [7, 11) is 0. The maximum Gasteiger partial charge on any atom is 0.416 e. The fourth-order valence-electron chi connectivity index (χ4n) is 2.45. The number of hydrogen-bond acceptors (Lipinski definition) is 5. The molecule has 6 nitrogen and oxygen atoms in total. The maximum atomic E-state index is 13.1. The zero-order valence-electron chi connectivity index (χ0n) is 13.7. The number of hydrogen-bond donors (Lipinski definition) is 2. The van der Waals surface area contributed by atoms with Crippen LogP contribution in [0.5, 0.6) is 5.75 Å². The van der Waals surface area contributed by atoms with Gasteiger partial charge in [0.25, 0.3) is 0 Å². The zero-order chi connectivity index (χ0) is 20.2. The molecule has 0 saturated carbocycles. The summed E-state index contributed by atoms with van der Waals surface area (Å²) in [4.78, 5) is 26.5. The molecule has 0 aliphatic heterocycles. The standard InChI is InChI=1S/C18H13F3N2O4/c19-18(20,21)13-4-2-1-3-10(13)7-12-8-11(9-22)17(27)16(23-12)14(24)5-6-15(25)26/h1-4,8,27H,5-7H2,(H,25,26). The largest absolute Gasteiger partial charge is 0.504 e. The summed E-state index contributed by atoms with van der Waals surface area (Å²) in [5.41, 5.74) is -1.88. The molecule has 0 unspecified atom stereocenters. The molecule has 2 N–H and O–H groups in total. The first kappa shape index (κ1) is 19.9. The maximum absolute atomic E-state index is 13.1. The van der Waals surface area contributed by atoms with Crippen molar-refractivity contribution in [2.24, 2.45) is 0 Å². The Morgan fingerprint density at radius 3 is 2.44 bits per heavy atom. The second kappa shape index (κ2) is 7.86. The van der Waals surface area contributed by atoms with Gasteiger partial charge in [-0.2, -0.15) is 18.4 Å². The topological polar surface area (TPSA) is 111 Å². The van der Waals surface area contributed by atoms with Crippen molar-refractivity contribution in [2.75, 3.05) is 0 Å². The molecule has 1 aromatic carbocycles. The Hall–Kier alpha value is -3.41. The van der Waals surface area contributed by atoms with Gasteiger partial charge in [0.1, 0.15) is 11.8 Å². The van der Waals surface area contributed by atoms with E-state index in [2.05, 4.69) is 4.98 Å². The number of alkyl halides is 3. The average molecular weight is 378 g/mol. The number of carboxylic acid groups (broad SMARTS) is 1. The molecule has 0 spiro atoms. The van der Waals surface area contributed by atoms with Gasteiger partial charge in [0.2, 0.25) is 0 Å². The quantitative estimate of drug-likeness (QED) is 0.746. The number of Topliss-reactive ketones (excluding diaryl/α,β-unsaturated/α-hetero) is 1. The number of benzene rings is 1. The van der Waals surface area contributed by atoms with Crippen molar-refractivity contribution in [2.45, 2.75) is 25.4 Å². The van der Waals surface area contributed by atoms with Crippen molar-refractivity contribution in [1.82, 2.24) is 4.98 Å². The first-order valence-electron chi connectivity index (χ1n) is 7.66. The van der Waals surface area contributed by atoms with Crippen LogP contribution in [-0.2, 0) is 17.4 Å². The highest BCUT2D eigenvalue weighted by Gasteiger charge is 2.33. The fourth-order valence-corrected chi connectivity index (χ4v) is 2.45. The van der Waals surface area contributed by atoms with E-state index in [9.17, 15) is 27.9 Å². The van der Waals surface area contributed by atoms with E-state index >= 15 is 0 Å². The molecule has 0 amide bonds. The fraction of sp³-hybridized carbons (Fsp3) is 0.222. The molecule has 2 rings (SSSR count). The van der Waals surface area contributed by atoms with Crippen molar-refractivity contribution in [1.29, 1.82) is 5.26 Å². The second-order valence-electron chi connectivity index (χ2n) is 5.62. The molecule has 2 aromatic rings. The Bertz CT molecular complexity index is 933. The SMILES string of the molecule is N#Cc1cc(Cc2ccccc2C(F)(F)F)nc(C(=O)CCC(=O)O)c1O. The molecule has 9 heteroatoms. The molecule has 140 valence electrons. The van der Waals surface area contributed by atoms with E-state index in [1.807, 2.05) is 0 Å². The third kappa shape index (κ3) is 4.82. The highest BCUT2D eigenvalue weighted by atomic mass is 19.4. The minimum absolute atomic E-state index is 0.0280. The summed E-state index contributed by atoms with van der Waals surface area (Å²) in [6.07, 6.45) is -5.90. The summed E-state index contributed by atoms with van der Waals surface area (Å²) >= 11 is 0. The number of pyridine rings is 1. The number of carboxylic acids is 1. The molecule has 27 heavy (non-hydrogen) atoms. The Morgan fingerprint density at radius 1 is 1.19 bits per heavy atom. The molecule has 0 aliphatic carbocycles. The highest BCUT2D eigenvalue weighted by Crippen LogP contribution is 2.33. The Labute approximate surface area is 151 Å². The van der Waals surface area contributed by atoms with Gasteiger partial charge in [0, 0.05) is 18.5 Å². The first-order chi connectivity index (χ1) is 12.6. The molecule has 0 aliphatic rings. The lowest BCUT2D eigenvalue weighted by Crippen LogP contribution is -2.12. The van der Waals surface area contributed by atoms with Gasteiger partial charge >= 0.3 is 12.1 Å². The van der Waals surface area contributed by atoms with Crippen LogP contribution in [0.1, 0.15) is 45.7 Å². The summed E-state index contributed by atoms with van der Waals surface area (Å²) in [5, 5.41) is 27.7. The number of aliphatic carboxylic acids is 1. The number of nitrogens with zero attached hydrogens (tertiary/aromatic N) is 2. The van der Waals surface area contributed by atoms with Crippen LogP contribution >= 0.6 is 0 Å². The van der Waals surface area contributed by atoms with E-state index in [0.717, 1.165) is 12.1 Å².